The zero-order valence-electron chi connectivity index (χ0n) is 6.10. The van der Waals surface area contributed by atoms with E-state index in [-0.39, 0.29) is 6.29 Å². The van der Waals surface area contributed by atoms with Gasteiger partial charge in [-0.3, -0.25) is 9.78 Å². The third-order valence-electron chi connectivity index (χ3n) is 1.37. The van der Waals surface area contributed by atoms with E-state index in [1.165, 1.54) is 0 Å². The average molecular weight is 210 g/mol. The molecule has 0 amide bonds. The molecule has 0 unspecified atom stereocenters. The molecule has 0 fully saturated rings. The molecule has 0 aliphatic rings. The number of alkyl halides is 2. The van der Waals surface area contributed by atoms with Crippen molar-refractivity contribution in [3.8, 4) is 0 Å². The second-order valence-electron chi connectivity index (χ2n) is 2.14. The quantitative estimate of drug-likeness (QED) is 0.701. The van der Waals surface area contributed by atoms with Crippen molar-refractivity contribution in [3.63, 3.8) is 0 Å². The van der Waals surface area contributed by atoms with E-state index < -0.39 is 28.5 Å². The summed E-state index contributed by atoms with van der Waals surface area (Å²) in [6, 6.07) is 0. The summed E-state index contributed by atoms with van der Waals surface area (Å²) in [5.41, 5.74) is -1.68. The summed E-state index contributed by atoms with van der Waals surface area (Å²) in [5, 5.41) is -0.527. The van der Waals surface area contributed by atoms with Crippen molar-refractivity contribution in [1.82, 2.24) is 4.98 Å². The lowest BCUT2D eigenvalue weighted by atomic mass is 10.2. The molecule has 1 rings (SSSR count). The maximum absolute atomic E-state index is 12.9. The molecule has 1 aromatic heterocycles. The first-order chi connectivity index (χ1) is 6.07. The number of pyridine rings is 1. The highest BCUT2D eigenvalue weighted by Gasteiger charge is 2.21. The number of aromatic nitrogens is 1. The van der Waals surface area contributed by atoms with Crippen LogP contribution in [0.4, 0.5) is 13.2 Å². The zero-order valence-corrected chi connectivity index (χ0v) is 6.86. The SMILES string of the molecule is O=Cc1ncc(Cl)c(F)c1C(F)F. The van der Waals surface area contributed by atoms with Crippen LogP contribution in [0, 0.1) is 5.82 Å². The van der Waals surface area contributed by atoms with Gasteiger partial charge in [0.2, 0.25) is 0 Å². The molecule has 0 radical (unpaired) electrons. The second kappa shape index (κ2) is 3.74. The minimum Gasteiger partial charge on any atom is -0.296 e. The minimum absolute atomic E-state index is 0.0565. The maximum Gasteiger partial charge on any atom is 0.268 e. The van der Waals surface area contributed by atoms with Crippen LogP contribution in [-0.2, 0) is 0 Å². The highest BCUT2D eigenvalue weighted by Crippen LogP contribution is 2.27. The van der Waals surface area contributed by atoms with Crippen molar-refractivity contribution in [1.29, 1.82) is 0 Å². The topological polar surface area (TPSA) is 30.0 Å². The summed E-state index contributed by atoms with van der Waals surface area (Å²) < 4.78 is 37.2. The lowest BCUT2D eigenvalue weighted by Crippen LogP contribution is -2.01. The van der Waals surface area contributed by atoms with Gasteiger partial charge in [0.1, 0.15) is 5.69 Å². The van der Waals surface area contributed by atoms with E-state index in [0.29, 0.717) is 0 Å². The molecule has 0 saturated heterocycles. The largest absolute Gasteiger partial charge is 0.296 e. The van der Waals surface area contributed by atoms with Crippen molar-refractivity contribution in [2.45, 2.75) is 6.43 Å². The molecule has 1 aromatic rings. The number of carbonyl (C=O) groups excluding carboxylic acids is 1. The lowest BCUT2D eigenvalue weighted by molar-refractivity contribution is 0.109. The van der Waals surface area contributed by atoms with Gasteiger partial charge in [0.15, 0.2) is 12.1 Å². The highest BCUT2D eigenvalue weighted by molar-refractivity contribution is 6.30. The molecule has 0 bridgehead atoms. The van der Waals surface area contributed by atoms with E-state index in [1.54, 1.807) is 0 Å². The molecule has 70 valence electrons. The zero-order chi connectivity index (χ0) is 10.0. The summed E-state index contributed by atoms with van der Waals surface area (Å²) in [4.78, 5) is 13.4. The summed E-state index contributed by atoms with van der Waals surface area (Å²) in [6.45, 7) is 0. The maximum atomic E-state index is 12.9. The van der Waals surface area contributed by atoms with Gasteiger partial charge in [-0.2, -0.15) is 0 Å². The first-order valence-corrected chi connectivity index (χ1v) is 3.53. The summed E-state index contributed by atoms with van der Waals surface area (Å²) in [6.07, 6.45) is -2.24. The van der Waals surface area contributed by atoms with E-state index >= 15 is 0 Å². The van der Waals surface area contributed by atoms with Crippen molar-refractivity contribution in [2.75, 3.05) is 0 Å². The molecule has 13 heavy (non-hydrogen) atoms. The first-order valence-electron chi connectivity index (χ1n) is 3.15. The van der Waals surface area contributed by atoms with Crippen LogP contribution < -0.4 is 0 Å². The molecule has 0 atom stereocenters. The van der Waals surface area contributed by atoms with Crippen LogP contribution >= 0.6 is 11.6 Å². The fraction of sp³-hybridized carbons (Fsp3) is 0.143. The van der Waals surface area contributed by atoms with Crippen LogP contribution in [0.15, 0.2) is 6.20 Å². The van der Waals surface area contributed by atoms with E-state index in [4.69, 9.17) is 11.6 Å². The monoisotopic (exact) mass is 209 g/mol. The predicted molar refractivity (Wildman–Crippen MR) is 39.5 cm³/mol. The number of carbonyl (C=O) groups is 1. The van der Waals surface area contributed by atoms with Crippen molar-refractivity contribution in [2.24, 2.45) is 0 Å². The Morgan fingerprint density at radius 1 is 1.54 bits per heavy atom. The summed E-state index contributed by atoms with van der Waals surface area (Å²) >= 11 is 5.20. The fourth-order valence-electron chi connectivity index (χ4n) is 0.795. The van der Waals surface area contributed by atoms with Crippen molar-refractivity contribution >= 4 is 17.9 Å². The molecule has 6 heteroatoms. The van der Waals surface area contributed by atoms with E-state index in [9.17, 15) is 18.0 Å². The van der Waals surface area contributed by atoms with E-state index in [2.05, 4.69) is 4.98 Å². The molecule has 2 nitrogen and oxygen atoms in total. The van der Waals surface area contributed by atoms with Crippen molar-refractivity contribution in [3.05, 3.63) is 28.3 Å². The Labute approximate surface area is 76.3 Å². The first kappa shape index (κ1) is 9.98. The van der Waals surface area contributed by atoms with Gasteiger partial charge in [-0.05, 0) is 0 Å². The fourth-order valence-corrected chi connectivity index (χ4v) is 0.946. The van der Waals surface area contributed by atoms with E-state index in [0.717, 1.165) is 6.20 Å². The molecule has 0 aliphatic heterocycles. The van der Waals surface area contributed by atoms with Crippen LogP contribution in [-0.4, -0.2) is 11.3 Å². The number of nitrogens with zero attached hydrogens (tertiary/aromatic N) is 1. The number of rotatable bonds is 2. The van der Waals surface area contributed by atoms with Crippen LogP contribution in [0.2, 0.25) is 5.02 Å². The summed E-state index contributed by atoms with van der Waals surface area (Å²) in [5.74, 6) is -1.30. The number of halogens is 4. The highest BCUT2D eigenvalue weighted by atomic mass is 35.5. The molecule has 0 saturated carbocycles. The Bertz CT molecular complexity index is 343. The summed E-state index contributed by atoms with van der Waals surface area (Å²) in [7, 11) is 0. The van der Waals surface area contributed by atoms with Gasteiger partial charge in [-0.1, -0.05) is 11.6 Å². The molecule has 0 N–H and O–H groups in total. The van der Waals surface area contributed by atoms with Gasteiger partial charge in [0.25, 0.3) is 6.43 Å². The van der Waals surface area contributed by atoms with Gasteiger partial charge in [-0.15, -0.1) is 0 Å². The van der Waals surface area contributed by atoms with Crippen LogP contribution in [0.3, 0.4) is 0 Å². The normalized spacial score (nSPS) is 10.5. The lowest BCUT2D eigenvalue weighted by Gasteiger charge is -2.04. The number of hydrogen-bond acceptors (Lipinski definition) is 2. The predicted octanol–water partition coefficient (Wildman–Crippen LogP) is 2.62. The van der Waals surface area contributed by atoms with Gasteiger partial charge >= 0.3 is 0 Å². The van der Waals surface area contributed by atoms with Gasteiger partial charge in [-0.25, -0.2) is 13.2 Å². The minimum atomic E-state index is -3.11. The molecular formula is C7H3ClF3NO. The van der Waals surface area contributed by atoms with Gasteiger partial charge < -0.3 is 0 Å². The van der Waals surface area contributed by atoms with E-state index in [1.807, 2.05) is 0 Å². The molecule has 0 aliphatic carbocycles. The van der Waals surface area contributed by atoms with Crippen LogP contribution in [0.1, 0.15) is 22.5 Å². The van der Waals surface area contributed by atoms with Crippen LogP contribution in [0.5, 0.6) is 0 Å². The number of aldehydes is 1. The second-order valence-corrected chi connectivity index (χ2v) is 2.54. The average Bonchev–Trinajstić information content (AvgIpc) is 2.08. The standard InChI is InChI=1S/C7H3ClF3NO/c8-3-1-12-4(2-13)5(6(3)9)7(10)11/h1-2,7H. The van der Waals surface area contributed by atoms with Gasteiger partial charge in [0.05, 0.1) is 10.6 Å². The van der Waals surface area contributed by atoms with Gasteiger partial charge in [0, 0.05) is 6.20 Å². The Hall–Kier alpha value is -1.10. The smallest absolute Gasteiger partial charge is 0.268 e. The molecular weight excluding hydrogens is 207 g/mol. The Kier molecular flexibility index (Phi) is 2.87. The number of hydrogen-bond donors (Lipinski definition) is 0. The Morgan fingerprint density at radius 2 is 2.15 bits per heavy atom. The van der Waals surface area contributed by atoms with Crippen molar-refractivity contribution < 1.29 is 18.0 Å². The molecule has 0 aromatic carbocycles. The molecule has 1 heterocycles. The molecule has 0 spiro atoms. The Morgan fingerprint density at radius 3 is 2.62 bits per heavy atom. The third-order valence-corrected chi connectivity index (χ3v) is 1.63. The van der Waals surface area contributed by atoms with Crippen LogP contribution in [0.25, 0.3) is 0 Å². The Balaban J connectivity index is 3.41. The third kappa shape index (κ3) is 1.80.